The summed E-state index contributed by atoms with van der Waals surface area (Å²) in [6.07, 6.45) is 0.774. The number of carboxylic acids is 2. The number of hydrogen-bond donors (Lipinski definition) is 3. The lowest BCUT2D eigenvalue weighted by molar-refractivity contribution is -0.149. The van der Waals surface area contributed by atoms with Crippen LogP contribution in [0.25, 0.3) is 0 Å². The van der Waals surface area contributed by atoms with Gasteiger partial charge in [-0.25, -0.2) is 0 Å². The molecule has 0 bridgehead atoms. The van der Waals surface area contributed by atoms with E-state index in [1.54, 1.807) is 0 Å². The van der Waals surface area contributed by atoms with Crippen molar-refractivity contribution in [1.29, 1.82) is 0 Å². The predicted octanol–water partition coefficient (Wildman–Crippen LogP) is 1.69. The Kier molecular flexibility index (Phi) is 4.78. The standard InChI is InChI=1S/C14H17NO4.ClH/c15-14(12(18)19)7-6-13(9-14,11(16)17)8-10-4-2-1-3-5-10;/h1-5H,6-9,15H2,(H,16,17)(H,18,19);1H/t13-,14-;/m0./s1. The summed E-state index contributed by atoms with van der Waals surface area (Å²) in [6.45, 7) is 0. The number of rotatable bonds is 4. The van der Waals surface area contributed by atoms with Crippen molar-refractivity contribution in [3.63, 3.8) is 0 Å². The second-order valence-corrected chi connectivity index (χ2v) is 5.39. The minimum Gasteiger partial charge on any atom is -0.481 e. The number of benzene rings is 1. The Morgan fingerprint density at radius 2 is 1.70 bits per heavy atom. The maximum atomic E-state index is 11.6. The molecule has 1 aromatic rings. The highest BCUT2D eigenvalue weighted by atomic mass is 35.5. The Hall–Kier alpha value is -1.59. The van der Waals surface area contributed by atoms with E-state index in [1.165, 1.54) is 0 Å². The summed E-state index contributed by atoms with van der Waals surface area (Å²) >= 11 is 0. The first-order chi connectivity index (χ1) is 8.88. The molecule has 4 N–H and O–H groups in total. The van der Waals surface area contributed by atoms with Crippen molar-refractivity contribution in [3.8, 4) is 0 Å². The third-order valence-corrected chi connectivity index (χ3v) is 3.97. The van der Waals surface area contributed by atoms with Gasteiger partial charge in [0.2, 0.25) is 0 Å². The van der Waals surface area contributed by atoms with Crippen molar-refractivity contribution in [2.24, 2.45) is 11.1 Å². The summed E-state index contributed by atoms with van der Waals surface area (Å²) in [4.78, 5) is 22.8. The maximum absolute atomic E-state index is 11.6. The normalized spacial score (nSPS) is 28.6. The first-order valence-corrected chi connectivity index (χ1v) is 6.18. The van der Waals surface area contributed by atoms with Crippen LogP contribution < -0.4 is 5.73 Å². The first kappa shape index (κ1) is 16.5. The van der Waals surface area contributed by atoms with Gasteiger partial charge in [0.05, 0.1) is 5.41 Å². The van der Waals surface area contributed by atoms with Gasteiger partial charge in [0.25, 0.3) is 0 Å². The molecule has 1 fully saturated rings. The summed E-state index contributed by atoms with van der Waals surface area (Å²) in [5.41, 5.74) is 4.20. The van der Waals surface area contributed by atoms with Gasteiger partial charge in [0, 0.05) is 0 Å². The fourth-order valence-corrected chi connectivity index (χ4v) is 2.82. The van der Waals surface area contributed by atoms with Crippen molar-refractivity contribution in [3.05, 3.63) is 35.9 Å². The summed E-state index contributed by atoms with van der Waals surface area (Å²) < 4.78 is 0. The molecule has 2 atom stereocenters. The van der Waals surface area contributed by atoms with Gasteiger partial charge >= 0.3 is 11.9 Å². The minimum atomic E-state index is -1.42. The molecule has 0 radical (unpaired) electrons. The summed E-state index contributed by atoms with van der Waals surface area (Å²) in [5.74, 6) is -2.09. The third-order valence-electron chi connectivity index (χ3n) is 3.97. The van der Waals surface area contributed by atoms with E-state index in [0.717, 1.165) is 5.56 Å². The second-order valence-electron chi connectivity index (χ2n) is 5.39. The quantitative estimate of drug-likeness (QED) is 0.785. The van der Waals surface area contributed by atoms with Crippen LogP contribution in [-0.4, -0.2) is 27.7 Å². The van der Waals surface area contributed by atoms with Crippen LogP contribution in [0.3, 0.4) is 0 Å². The molecule has 0 unspecified atom stereocenters. The van der Waals surface area contributed by atoms with Crippen LogP contribution in [0.2, 0.25) is 0 Å². The SMILES string of the molecule is Cl.N[C@@]1(C(=O)O)CC[C@@](Cc2ccccc2)(C(=O)O)C1. The van der Waals surface area contributed by atoms with Crippen molar-refractivity contribution < 1.29 is 19.8 Å². The fourth-order valence-electron chi connectivity index (χ4n) is 2.82. The highest BCUT2D eigenvalue weighted by Gasteiger charge is 2.54. The van der Waals surface area contributed by atoms with E-state index < -0.39 is 22.9 Å². The molecule has 0 aliphatic heterocycles. The van der Waals surface area contributed by atoms with E-state index in [1.807, 2.05) is 30.3 Å². The van der Waals surface area contributed by atoms with Crippen LogP contribution in [0.4, 0.5) is 0 Å². The smallest absolute Gasteiger partial charge is 0.323 e. The highest BCUT2D eigenvalue weighted by Crippen LogP contribution is 2.45. The minimum absolute atomic E-state index is 0. The number of carboxylic acid groups (broad SMARTS) is 2. The van der Waals surface area contributed by atoms with Crippen molar-refractivity contribution in [1.82, 2.24) is 0 Å². The highest BCUT2D eigenvalue weighted by molar-refractivity contribution is 5.85. The van der Waals surface area contributed by atoms with Gasteiger partial charge in [0.15, 0.2) is 0 Å². The molecular formula is C14H18ClNO4. The van der Waals surface area contributed by atoms with Gasteiger partial charge in [0.1, 0.15) is 5.54 Å². The number of aliphatic carboxylic acids is 2. The number of nitrogens with two attached hydrogens (primary N) is 1. The molecule has 110 valence electrons. The van der Waals surface area contributed by atoms with E-state index in [0.29, 0.717) is 12.8 Å². The fraction of sp³-hybridized carbons (Fsp3) is 0.429. The zero-order valence-corrected chi connectivity index (χ0v) is 11.7. The molecule has 6 heteroatoms. The molecule has 0 amide bonds. The average Bonchev–Trinajstić information content (AvgIpc) is 2.71. The summed E-state index contributed by atoms with van der Waals surface area (Å²) in [6, 6.07) is 9.24. The van der Waals surface area contributed by atoms with Crippen LogP contribution in [0.1, 0.15) is 24.8 Å². The van der Waals surface area contributed by atoms with Gasteiger partial charge < -0.3 is 15.9 Å². The molecule has 0 heterocycles. The lowest BCUT2D eigenvalue weighted by atomic mass is 9.78. The Morgan fingerprint density at radius 1 is 1.10 bits per heavy atom. The van der Waals surface area contributed by atoms with Crippen LogP contribution >= 0.6 is 12.4 Å². The lowest BCUT2D eigenvalue weighted by Gasteiger charge is -2.26. The van der Waals surface area contributed by atoms with Gasteiger partial charge in [-0.3, -0.25) is 9.59 Å². The molecule has 1 aliphatic carbocycles. The lowest BCUT2D eigenvalue weighted by Crippen LogP contribution is -2.47. The van der Waals surface area contributed by atoms with Gasteiger partial charge in [-0.1, -0.05) is 30.3 Å². The van der Waals surface area contributed by atoms with Gasteiger partial charge in [-0.2, -0.15) is 0 Å². The van der Waals surface area contributed by atoms with E-state index in [-0.39, 0.29) is 25.2 Å². The van der Waals surface area contributed by atoms with E-state index in [9.17, 15) is 14.7 Å². The Labute approximate surface area is 123 Å². The Balaban J connectivity index is 0.00000200. The van der Waals surface area contributed by atoms with Gasteiger partial charge in [-0.05, 0) is 31.2 Å². The van der Waals surface area contributed by atoms with Gasteiger partial charge in [-0.15, -0.1) is 12.4 Å². The Morgan fingerprint density at radius 3 is 2.15 bits per heavy atom. The molecule has 20 heavy (non-hydrogen) atoms. The van der Waals surface area contributed by atoms with Crippen molar-refractivity contribution >= 4 is 24.3 Å². The molecule has 1 saturated carbocycles. The molecule has 1 aromatic carbocycles. The molecule has 0 spiro atoms. The zero-order chi connectivity index (χ0) is 14.1. The molecular weight excluding hydrogens is 282 g/mol. The van der Waals surface area contributed by atoms with E-state index >= 15 is 0 Å². The molecule has 0 saturated heterocycles. The predicted molar refractivity (Wildman–Crippen MR) is 75.9 cm³/mol. The molecule has 5 nitrogen and oxygen atoms in total. The largest absolute Gasteiger partial charge is 0.481 e. The molecule has 1 aliphatic rings. The Bertz CT molecular complexity index is 507. The van der Waals surface area contributed by atoms with Crippen LogP contribution in [-0.2, 0) is 16.0 Å². The van der Waals surface area contributed by atoms with Crippen molar-refractivity contribution in [2.45, 2.75) is 31.2 Å². The second kappa shape index (κ2) is 5.81. The van der Waals surface area contributed by atoms with Crippen molar-refractivity contribution in [2.75, 3.05) is 0 Å². The van der Waals surface area contributed by atoms with Crippen LogP contribution in [0.15, 0.2) is 30.3 Å². The zero-order valence-electron chi connectivity index (χ0n) is 10.9. The average molecular weight is 300 g/mol. The van der Waals surface area contributed by atoms with Crippen LogP contribution in [0, 0.1) is 5.41 Å². The first-order valence-electron chi connectivity index (χ1n) is 6.18. The maximum Gasteiger partial charge on any atom is 0.323 e. The monoisotopic (exact) mass is 299 g/mol. The topological polar surface area (TPSA) is 101 Å². The van der Waals surface area contributed by atoms with E-state index in [4.69, 9.17) is 10.8 Å². The molecule has 2 rings (SSSR count). The number of carbonyl (C=O) groups is 2. The van der Waals surface area contributed by atoms with Crippen LogP contribution in [0.5, 0.6) is 0 Å². The summed E-state index contributed by atoms with van der Waals surface area (Å²) in [5, 5.41) is 18.6. The summed E-state index contributed by atoms with van der Waals surface area (Å²) in [7, 11) is 0. The number of halogens is 1. The molecule has 0 aromatic heterocycles. The number of hydrogen-bond acceptors (Lipinski definition) is 3. The van der Waals surface area contributed by atoms with E-state index in [2.05, 4.69) is 0 Å². The third kappa shape index (κ3) is 2.94.